The van der Waals surface area contributed by atoms with Gasteiger partial charge in [0, 0.05) is 33.2 Å². The van der Waals surface area contributed by atoms with Crippen molar-refractivity contribution in [3.63, 3.8) is 0 Å². The average Bonchev–Trinajstić information content (AvgIpc) is 2.36. The van der Waals surface area contributed by atoms with Gasteiger partial charge in [-0.1, -0.05) is 13.3 Å². The van der Waals surface area contributed by atoms with Gasteiger partial charge < -0.3 is 15.4 Å². The van der Waals surface area contributed by atoms with Crippen LogP contribution in [-0.4, -0.2) is 68.2 Å². The van der Waals surface area contributed by atoms with Crippen molar-refractivity contribution in [2.24, 2.45) is 5.73 Å². The molecular formula is C12H26ClN3O2. The van der Waals surface area contributed by atoms with Crippen LogP contribution in [0.25, 0.3) is 0 Å². The Morgan fingerprint density at radius 2 is 2.06 bits per heavy atom. The van der Waals surface area contributed by atoms with Crippen LogP contribution in [0.15, 0.2) is 0 Å². The number of rotatable bonds is 6. The van der Waals surface area contributed by atoms with Crippen LogP contribution in [0.5, 0.6) is 0 Å². The molecule has 5 nitrogen and oxygen atoms in total. The van der Waals surface area contributed by atoms with Gasteiger partial charge in [-0.15, -0.1) is 12.4 Å². The van der Waals surface area contributed by atoms with E-state index in [9.17, 15) is 4.79 Å². The van der Waals surface area contributed by atoms with E-state index in [2.05, 4.69) is 4.90 Å². The normalized spacial score (nSPS) is 17.9. The summed E-state index contributed by atoms with van der Waals surface area (Å²) in [7, 11) is 1.83. The van der Waals surface area contributed by atoms with Gasteiger partial charge in [-0.05, 0) is 6.42 Å². The Hall–Kier alpha value is -0.360. The first-order valence-corrected chi connectivity index (χ1v) is 6.45. The van der Waals surface area contributed by atoms with Crippen LogP contribution >= 0.6 is 12.4 Å². The Bertz CT molecular complexity index is 235. The molecule has 0 aromatic carbocycles. The van der Waals surface area contributed by atoms with Gasteiger partial charge in [0.2, 0.25) is 5.91 Å². The molecule has 1 aliphatic rings. The highest BCUT2D eigenvalue weighted by molar-refractivity contribution is 5.85. The smallest absolute Gasteiger partial charge is 0.239 e. The molecule has 0 spiro atoms. The van der Waals surface area contributed by atoms with Crippen molar-refractivity contribution in [2.45, 2.75) is 25.8 Å². The summed E-state index contributed by atoms with van der Waals surface area (Å²) in [6, 6.07) is -0.338. The first-order chi connectivity index (χ1) is 8.15. The molecule has 1 atom stereocenters. The zero-order valence-electron chi connectivity index (χ0n) is 11.4. The summed E-state index contributed by atoms with van der Waals surface area (Å²) in [5, 5.41) is 0. The van der Waals surface area contributed by atoms with E-state index in [1.165, 1.54) is 0 Å². The zero-order chi connectivity index (χ0) is 12.7. The maximum absolute atomic E-state index is 11.9. The number of carbonyl (C=O) groups is 1. The van der Waals surface area contributed by atoms with Crippen molar-refractivity contribution >= 4 is 18.3 Å². The minimum atomic E-state index is -0.338. The molecule has 6 heteroatoms. The van der Waals surface area contributed by atoms with Crippen molar-refractivity contribution in [3.05, 3.63) is 0 Å². The van der Waals surface area contributed by atoms with Crippen molar-refractivity contribution < 1.29 is 9.53 Å². The van der Waals surface area contributed by atoms with Crippen LogP contribution in [-0.2, 0) is 9.53 Å². The minimum Gasteiger partial charge on any atom is -0.379 e. The third kappa shape index (κ3) is 6.00. The van der Waals surface area contributed by atoms with E-state index in [4.69, 9.17) is 10.5 Å². The van der Waals surface area contributed by atoms with Gasteiger partial charge in [0.05, 0.1) is 19.3 Å². The van der Waals surface area contributed by atoms with Gasteiger partial charge >= 0.3 is 0 Å². The summed E-state index contributed by atoms with van der Waals surface area (Å²) in [6.45, 7) is 7.22. The summed E-state index contributed by atoms with van der Waals surface area (Å²) >= 11 is 0. The number of likely N-dealkylation sites (N-methyl/N-ethyl adjacent to an activating group) is 1. The molecule has 1 saturated heterocycles. The van der Waals surface area contributed by atoms with Gasteiger partial charge in [-0.25, -0.2) is 0 Å². The summed E-state index contributed by atoms with van der Waals surface area (Å²) in [5.41, 5.74) is 5.81. The van der Waals surface area contributed by atoms with E-state index < -0.39 is 0 Å². The van der Waals surface area contributed by atoms with E-state index in [-0.39, 0.29) is 24.4 Å². The van der Waals surface area contributed by atoms with Gasteiger partial charge in [0.25, 0.3) is 0 Å². The van der Waals surface area contributed by atoms with Crippen molar-refractivity contribution in [3.8, 4) is 0 Å². The second kappa shape index (κ2) is 9.55. The first kappa shape index (κ1) is 17.6. The summed E-state index contributed by atoms with van der Waals surface area (Å²) in [5.74, 6) is 0.0557. The highest BCUT2D eigenvalue weighted by Crippen LogP contribution is 2.00. The van der Waals surface area contributed by atoms with Crippen LogP contribution in [0, 0.1) is 0 Å². The molecule has 1 aliphatic heterocycles. The molecule has 18 heavy (non-hydrogen) atoms. The molecule has 0 saturated carbocycles. The molecule has 2 N–H and O–H groups in total. The number of hydrogen-bond acceptors (Lipinski definition) is 4. The summed E-state index contributed by atoms with van der Waals surface area (Å²) < 4.78 is 5.28. The van der Waals surface area contributed by atoms with Crippen LogP contribution in [0.1, 0.15) is 19.8 Å². The van der Waals surface area contributed by atoms with E-state index in [1.807, 2.05) is 14.0 Å². The predicted octanol–water partition coefficient (Wildman–Crippen LogP) is 0.326. The fraction of sp³-hybridized carbons (Fsp3) is 0.917. The monoisotopic (exact) mass is 279 g/mol. The molecule has 1 fully saturated rings. The molecular weight excluding hydrogens is 254 g/mol. The van der Waals surface area contributed by atoms with Crippen molar-refractivity contribution in [1.29, 1.82) is 0 Å². The average molecular weight is 280 g/mol. The second-order valence-corrected chi connectivity index (χ2v) is 4.61. The van der Waals surface area contributed by atoms with E-state index >= 15 is 0 Å². The highest BCUT2D eigenvalue weighted by atomic mass is 35.5. The summed E-state index contributed by atoms with van der Waals surface area (Å²) in [4.78, 5) is 15.9. The molecule has 1 amide bonds. The molecule has 108 valence electrons. The highest BCUT2D eigenvalue weighted by Gasteiger charge is 2.18. The Labute approximate surface area is 116 Å². The number of carbonyl (C=O) groups excluding carboxylic acids is 1. The number of nitrogens with two attached hydrogens (primary N) is 1. The molecule has 0 aliphatic carbocycles. The van der Waals surface area contributed by atoms with Gasteiger partial charge in [-0.2, -0.15) is 0 Å². The number of ether oxygens (including phenoxy) is 1. The van der Waals surface area contributed by atoms with Gasteiger partial charge in [-0.3, -0.25) is 9.69 Å². The topological polar surface area (TPSA) is 58.8 Å². The molecule has 0 aromatic rings. The largest absolute Gasteiger partial charge is 0.379 e. The van der Waals surface area contributed by atoms with Crippen molar-refractivity contribution in [1.82, 2.24) is 9.80 Å². The zero-order valence-corrected chi connectivity index (χ0v) is 12.2. The lowest BCUT2D eigenvalue weighted by Crippen LogP contribution is -2.46. The maximum Gasteiger partial charge on any atom is 0.239 e. The SMILES string of the molecule is CCCC(N)C(=O)N(C)CCN1CCOCC1.Cl. The molecule has 1 unspecified atom stereocenters. The van der Waals surface area contributed by atoms with E-state index in [0.717, 1.165) is 52.2 Å². The predicted molar refractivity (Wildman–Crippen MR) is 75.0 cm³/mol. The number of halogens is 1. The summed E-state index contributed by atoms with van der Waals surface area (Å²) in [6.07, 6.45) is 1.71. The molecule has 1 heterocycles. The third-order valence-corrected chi connectivity index (χ3v) is 3.15. The van der Waals surface area contributed by atoms with Crippen LogP contribution < -0.4 is 5.73 Å². The minimum absolute atomic E-state index is 0. The molecule has 0 radical (unpaired) electrons. The Morgan fingerprint density at radius 3 is 2.61 bits per heavy atom. The fourth-order valence-corrected chi connectivity index (χ4v) is 1.94. The quantitative estimate of drug-likeness (QED) is 0.761. The Kier molecular flexibility index (Phi) is 9.36. The fourth-order valence-electron chi connectivity index (χ4n) is 1.94. The Balaban J connectivity index is 0.00000289. The second-order valence-electron chi connectivity index (χ2n) is 4.61. The van der Waals surface area contributed by atoms with Gasteiger partial charge in [0.1, 0.15) is 0 Å². The lowest BCUT2D eigenvalue weighted by Gasteiger charge is -2.29. The van der Waals surface area contributed by atoms with E-state index in [1.54, 1.807) is 4.90 Å². The number of hydrogen-bond donors (Lipinski definition) is 1. The molecule has 0 bridgehead atoms. The molecule has 1 rings (SSSR count). The number of amides is 1. The third-order valence-electron chi connectivity index (χ3n) is 3.15. The maximum atomic E-state index is 11.9. The number of nitrogens with zero attached hydrogens (tertiary/aromatic N) is 2. The lowest BCUT2D eigenvalue weighted by atomic mass is 10.1. The lowest BCUT2D eigenvalue weighted by molar-refractivity contribution is -0.131. The van der Waals surface area contributed by atoms with Crippen LogP contribution in [0.3, 0.4) is 0 Å². The number of morpholine rings is 1. The molecule has 0 aromatic heterocycles. The van der Waals surface area contributed by atoms with Crippen LogP contribution in [0.2, 0.25) is 0 Å². The first-order valence-electron chi connectivity index (χ1n) is 6.45. The Morgan fingerprint density at radius 1 is 1.44 bits per heavy atom. The van der Waals surface area contributed by atoms with Crippen LogP contribution in [0.4, 0.5) is 0 Å². The van der Waals surface area contributed by atoms with Crippen molar-refractivity contribution in [2.75, 3.05) is 46.4 Å². The standard InChI is InChI=1S/C12H25N3O2.ClH/c1-3-4-11(13)12(16)14(2)5-6-15-7-9-17-10-8-15;/h11H,3-10,13H2,1-2H3;1H. The van der Waals surface area contributed by atoms with E-state index in [0.29, 0.717) is 0 Å². The van der Waals surface area contributed by atoms with Gasteiger partial charge in [0.15, 0.2) is 0 Å².